The van der Waals surface area contributed by atoms with Gasteiger partial charge in [0.15, 0.2) is 0 Å². The van der Waals surface area contributed by atoms with Gasteiger partial charge in [-0.25, -0.2) is 0 Å². The second-order valence-corrected chi connectivity index (χ2v) is 8.23. The van der Waals surface area contributed by atoms with E-state index in [1.807, 2.05) is 19.1 Å². The van der Waals surface area contributed by atoms with E-state index in [1.165, 1.54) is 5.69 Å². The third kappa shape index (κ3) is 3.57. The second kappa shape index (κ2) is 6.98. The number of imide groups is 1. The Balaban J connectivity index is 1.28. The number of piperidine rings is 1. The van der Waals surface area contributed by atoms with Crippen molar-refractivity contribution in [2.75, 3.05) is 24.6 Å². The molecule has 1 aliphatic carbocycles. The molecular weight excluding hydrogens is 344 g/mol. The summed E-state index contributed by atoms with van der Waals surface area (Å²) in [5.41, 5.74) is 2.52. The molecule has 1 unspecified atom stereocenters. The largest absolute Gasteiger partial charge is 0.466 e. The summed E-state index contributed by atoms with van der Waals surface area (Å²) in [5, 5.41) is 2.42. The van der Waals surface area contributed by atoms with Gasteiger partial charge in [-0.3, -0.25) is 19.7 Å². The summed E-state index contributed by atoms with van der Waals surface area (Å²) >= 11 is 0. The number of esters is 1. The number of nitrogens with zero attached hydrogens (tertiary/aromatic N) is 1. The van der Waals surface area contributed by atoms with E-state index in [9.17, 15) is 14.4 Å². The zero-order valence-corrected chi connectivity index (χ0v) is 15.7. The minimum Gasteiger partial charge on any atom is -0.466 e. The fourth-order valence-corrected chi connectivity index (χ4v) is 4.90. The summed E-state index contributed by atoms with van der Waals surface area (Å²) in [7, 11) is 0. The number of rotatable bonds is 5. The van der Waals surface area contributed by atoms with Crippen LogP contribution in [0.15, 0.2) is 24.3 Å². The topological polar surface area (TPSA) is 75.7 Å². The van der Waals surface area contributed by atoms with Crippen molar-refractivity contribution >= 4 is 23.5 Å². The van der Waals surface area contributed by atoms with Crippen LogP contribution in [0, 0.1) is 11.3 Å². The average Bonchev–Trinajstić information content (AvgIpc) is 2.56. The number of carbonyl (C=O) groups is 3. The van der Waals surface area contributed by atoms with Gasteiger partial charge in [0.1, 0.15) is 0 Å². The molecule has 2 saturated heterocycles. The summed E-state index contributed by atoms with van der Waals surface area (Å²) in [6.07, 6.45) is 3.75. The number of hydrogen-bond acceptors (Lipinski definition) is 5. The predicted molar refractivity (Wildman–Crippen MR) is 100 cm³/mol. The second-order valence-electron chi connectivity index (χ2n) is 8.23. The highest BCUT2D eigenvalue weighted by atomic mass is 16.5. The van der Waals surface area contributed by atoms with Gasteiger partial charge in [0, 0.05) is 37.0 Å². The molecule has 2 aliphatic heterocycles. The minimum absolute atomic E-state index is 0.0717. The van der Waals surface area contributed by atoms with Crippen LogP contribution in [0.4, 0.5) is 5.69 Å². The molecule has 3 fully saturated rings. The van der Waals surface area contributed by atoms with Gasteiger partial charge >= 0.3 is 5.97 Å². The first-order valence-corrected chi connectivity index (χ1v) is 9.82. The molecule has 4 rings (SSSR count). The van der Waals surface area contributed by atoms with E-state index in [0.29, 0.717) is 37.2 Å². The molecule has 144 valence electrons. The Morgan fingerprint density at radius 1 is 1.22 bits per heavy atom. The Morgan fingerprint density at radius 3 is 2.56 bits per heavy atom. The van der Waals surface area contributed by atoms with Crippen LogP contribution in [0.25, 0.3) is 0 Å². The molecule has 3 aliphatic rings. The van der Waals surface area contributed by atoms with Crippen LogP contribution in [-0.4, -0.2) is 37.5 Å². The summed E-state index contributed by atoms with van der Waals surface area (Å²) in [6, 6.07) is 8.15. The molecular formula is C21H26N2O4. The van der Waals surface area contributed by atoms with Gasteiger partial charge in [-0.05, 0) is 49.8 Å². The molecule has 0 radical (unpaired) electrons. The third-order valence-corrected chi connectivity index (χ3v) is 6.16. The third-order valence-electron chi connectivity index (χ3n) is 6.16. The van der Waals surface area contributed by atoms with Gasteiger partial charge in [0.05, 0.1) is 12.5 Å². The Morgan fingerprint density at radius 2 is 1.93 bits per heavy atom. The molecule has 0 bridgehead atoms. The molecule has 1 N–H and O–H groups in total. The van der Waals surface area contributed by atoms with Crippen molar-refractivity contribution in [1.29, 1.82) is 0 Å². The Hall–Kier alpha value is -2.37. The number of ether oxygens (including phenoxy) is 1. The molecule has 6 nitrogen and oxygen atoms in total. The lowest BCUT2D eigenvalue weighted by Gasteiger charge is -2.60. The van der Waals surface area contributed by atoms with Crippen LogP contribution in [0.1, 0.15) is 50.5 Å². The molecule has 0 aromatic heterocycles. The van der Waals surface area contributed by atoms with Gasteiger partial charge in [0.2, 0.25) is 11.8 Å². The monoisotopic (exact) mass is 370 g/mol. The number of benzene rings is 1. The van der Waals surface area contributed by atoms with Crippen LogP contribution >= 0.6 is 0 Å². The number of amides is 2. The summed E-state index contributed by atoms with van der Waals surface area (Å²) < 4.78 is 5.04. The molecule has 27 heavy (non-hydrogen) atoms. The Labute approximate surface area is 159 Å². The number of nitrogens with one attached hydrogen (secondary N) is 1. The van der Waals surface area contributed by atoms with E-state index in [1.54, 1.807) is 0 Å². The zero-order chi connectivity index (χ0) is 19.0. The van der Waals surface area contributed by atoms with Crippen molar-refractivity contribution in [1.82, 2.24) is 5.32 Å². The molecule has 2 heterocycles. The quantitative estimate of drug-likeness (QED) is 0.636. The number of carbonyl (C=O) groups excluding carboxylic acids is 3. The van der Waals surface area contributed by atoms with Crippen LogP contribution in [0.2, 0.25) is 0 Å². The van der Waals surface area contributed by atoms with Crippen molar-refractivity contribution in [3.05, 3.63) is 29.8 Å². The lowest BCUT2D eigenvalue weighted by molar-refractivity contribution is -0.146. The smallest absolute Gasteiger partial charge is 0.306 e. The summed E-state index contributed by atoms with van der Waals surface area (Å²) in [6.45, 7) is 4.36. The van der Waals surface area contributed by atoms with Crippen molar-refractivity contribution in [3.63, 3.8) is 0 Å². The number of anilines is 1. The van der Waals surface area contributed by atoms with Gasteiger partial charge in [-0.15, -0.1) is 0 Å². The van der Waals surface area contributed by atoms with Crippen molar-refractivity contribution in [2.24, 2.45) is 11.3 Å². The SMILES string of the molecule is CCOC(=O)CC1CC2(C1)CN(c1ccc(C3CCC(=O)NC3=O)cc1)C2. The van der Waals surface area contributed by atoms with E-state index in [0.717, 1.165) is 31.5 Å². The van der Waals surface area contributed by atoms with E-state index in [2.05, 4.69) is 22.3 Å². The average molecular weight is 370 g/mol. The van der Waals surface area contributed by atoms with Gasteiger partial charge in [-0.1, -0.05) is 12.1 Å². The highest BCUT2D eigenvalue weighted by Crippen LogP contribution is 2.54. The molecule has 1 aromatic rings. The van der Waals surface area contributed by atoms with E-state index in [-0.39, 0.29) is 23.7 Å². The van der Waals surface area contributed by atoms with Crippen LogP contribution in [0.3, 0.4) is 0 Å². The molecule has 1 aromatic carbocycles. The summed E-state index contributed by atoms with van der Waals surface area (Å²) in [5.74, 6) is -0.196. The normalized spacial score (nSPS) is 24.2. The van der Waals surface area contributed by atoms with Crippen molar-refractivity contribution in [2.45, 2.75) is 44.9 Å². The van der Waals surface area contributed by atoms with Crippen molar-refractivity contribution < 1.29 is 19.1 Å². The molecule has 2 amide bonds. The molecule has 1 spiro atoms. The molecule has 1 atom stereocenters. The molecule has 6 heteroatoms. The molecule has 1 saturated carbocycles. The first-order chi connectivity index (χ1) is 13.0. The maximum absolute atomic E-state index is 12.0. The standard InChI is InChI=1S/C21H26N2O4/c1-2-27-19(25)9-14-10-21(11-14)12-23(13-21)16-5-3-15(4-6-16)17-7-8-18(24)22-20(17)26/h3-6,14,17H,2,7-13H2,1H3,(H,22,24,26). The highest BCUT2D eigenvalue weighted by molar-refractivity contribution is 6.00. The van der Waals surface area contributed by atoms with E-state index >= 15 is 0 Å². The predicted octanol–water partition coefficient (Wildman–Crippen LogP) is 2.38. The fraction of sp³-hybridized carbons (Fsp3) is 0.571. The van der Waals surface area contributed by atoms with Gasteiger partial charge in [0.25, 0.3) is 0 Å². The first kappa shape index (κ1) is 18.0. The number of hydrogen-bond donors (Lipinski definition) is 1. The lowest BCUT2D eigenvalue weighted by atomic mass is 9.57. The van der Waals surface area contributed by atoms with Crippen LogP contribution in [0.5, 0.6) is 0 Å². The first-order valence-electron chi connectivity index (χ1n) is 9.82. The highest BCUT2D eigenvalue weighted by Gasteiger charge is 2.52. The Bertz CT molecular complexity index is 744. The van der Waals surface area contributed by atoms with E-state index in [4.69, 9.17) is 4.74 Å². The van der Waals surface area contributed by atoms with Gasteiger partial charge < -0.3 is 9.64 Å². The summed E-state index contributed by atoms with van der Waals surface area (Å²) in [4.78, 5) is 37.2. The fourth-order valence-electron chi connectivity index (χ4n) is 4.90. The lowest BCUT2D eigenvalue weighted by Crippen LogP contribution is -2.62. The maximum atomic E-state index is 12.0. The minimum atomic E-state index is -0.227. The van der Waals surface area contributed by atoms with Crippen LogP contribution < -0.4 is 10.2 Å². The van der Waals surface area contributed by atoms with Crippen LogP contribution in [-0.2, 0) is 19.1 Å². The van der Waals surface area contributed by atoms with E-state index < -0.39 is 0 Å². The maximum Gasteiger partial charge on any atom is 0.306 e. The van der Waals surface area contributed by atoms with Crippen molar-refractivity contribution in [3.8, 4) is 0 Å². The Kier molecular flexibility index (Phi) is 4.66. The zero-order valence-electron chi connectivity index (χ0n) is 15.7. The van der Waals surface area contributed by atoms with Gasteiger partial charge in [-0.2, -0.15) is 0 Å².